The Kier molecular flexibility index (Phi) is 6.20. The number of anilines is 2. The van der Waals surface area contributed by atoms with Crippen LogP contribution in [0.2, 0.25) is 0 Å². The summed E-state index contributed by atoms with van der Waals surface area (Å²) in [4.78, 5) is 28.1. The molecule has 2 heterocycles. The molecule has 9 heteroatoms. The lowest BCUT2D eigenvalue weighted by Gasteiger charge is -2.23. The highest BCUT2D eigenvalue weighted by Gasteiger charge is 2.33. The van der Waals surface area contributed by atoms with Gasteiger partial charge in [-0.3, -0.25) is 9.59 Å². The van der Waals surface area contributed by atoms with Gasteiger partial charge in [-0.1, -0.05) is 30.3 Å². The van der Waals surface area contributed by atoms with Crippen LogP contribution in [-0.2, 0) is 13.1 Å². The van der Waals surface area contributed by atoms with Crippen molar-refractivity contribution in [2.24, 2.45) is 0 Å². The van der Waals surface area contributed by atoms with Gasteiger partial charge in [-0.15, -0.1) is 13.2 Å². The second-order valence-electron chi connectivity index (χ2n) is 8.68. The second kappa shape index (κ2) is 9.50. The fraction of sp³-hybridized carbons (Fsp3) is 0.143. The van der Waals surface area contributed by atoms with E-state index in [4.69, 9.17) is 0 Å². The van der Waals surface area contributed by atoms with E-state index in [-0.39, 0.29) is 11.5 Å². The van der Waals surface area contributed by atoms with E-state index in [2.05, 4.69) is 14.6 Å². The topological polar surface area (TPSA) is 63.6 Å². The van der Waals surface area contributed by atoms with Crippen molar-refractivity contribution < 1.29 is 27.5 Å². The third-order valence-corrected chi connectivity index (χ3v) is 6.19. The van der Waals surface area contributed by atoms with Crippen molar-refractivity contribution >= 4 is 23.2 Å². The molecule has 0 saturated heterocycles. The molecular formula is C28H22F3N3O3. The van der Waals surface area contributed by atoms with Crippen molar-refractivity contribution in [3.8, 4) is 5.75 Å². The number of halogens is 3. The molecule has 0 bridgehead atoms. The van der Waals surface area contributed by atoms with Crippen molar-refractivity contribution in [2.45, 2.75) is 26.4 Å². The van der Waals surface area contributed by atoms with Gasteiger partial charge >= 0.3 is 6.36 Å². The Bertz CT molecular complexity index is 1490. The molecule has 1 aromatic heterocycles. The second-order valence-corrected chi connectivity index (χ2v) is 8.68. The summed E-state index contributed by atoms with van der Waals surface area (Å²) >= 11 is 0. The molecule has 1 N–H and O–H groups in total. The number of fused-ring (bicyclic) bond motifs is 2. The molecule has 0 unspecified atom stereocenters. The number of hydrogen-bond donors (Lipinski definition) is 1. The number of ether oxygens (including phenoxy) is 1. The van der Waals surface area contributed by atoms with E-state index in [0.717, 1.165) is 23.0 Å². The van der Waals surface area contributed by atoms with Crippen LogP contribution in [0.25, 0.3) is 0 Å². The van der Waals surface area contributed by atoms with E-state index < -0.39 is 18.0 Å². The van der Waals surface area contributed by atoms with Gasteiger partial charge in [0.05, 0.1) is 12.1 Å². The zero-order valence-corrected chi connectivity index (χ0v) is 19.8. The summed E-state index contributed by atoms with van der Waals surface area (Å²) in [6.07, 6.45) is -2.94. The summed E-state index contributed by atoms with van der Waals surface area (Å²) in [5.74, 6) is -1.56. The molecular weight excluding hydrogens is 483 g/mol. The number of rotatable bonds is 4. The number of aryl methyl sites for hydroxylation is 1. The van der Waals surface area contributed by atoms with Gasteiger partial charge in [0, 0.05) is 35.4 Å². The molecule has 37 heavy (non-hydrogen) atoms. The maximum absolute atomic E-state index is 13.6. The molecule has 2 amide bonds. The van der Waals surface area contributed by atoms with Crippen LogP contribution in [0.15, 0.2) is 85.1 Å². The van der Waals surface area contributed by atoms with Crippen LogP contribution in [0, 0.1) is 6.92 Å². The van der Waals surface area contributed by atoms with Crippen LogP contribution in [0.3, 0.4) is 0 Å². The molecule has 0 fully saturated rings. The summed E-state index contributed by atoms with van der Waals surface area (Å²) < 4.78 is 44.3. The number of benzene rings is 3. The molecule has 0 aliphatic carbocycles. The van der Waals surface area contributed by atoms with Crippen molar-refractivity contribution in [2.75, 3.05) is 10.2 Å². The van der Waals surface area contributed by atoms with Crippen molar-refractivity contribution in [3.63, 3.8) is 0 Å². The molecule has 3 aromatic carbocycles. The van der Waals surface area contributed by atoms with Gasteiger partial charge in [0.25, 0.3) is 11.8 Å². The van der Waals surface area contributed by atoms with Crippen LogP contribution in [0.1, 0.15) is 37.5 Å². The van der Waals surface area contributed by atoms with E-state index in [1.165, 1.54) is 18.2 Å². The molecule has 1 aliphatic rings. The van der Waals surface area contributed by atoms with Crippen molar-refractivity contribution in [1.29, 1.82) is 0 Å². The lowest BCUT2D eigenvalue weighted by Crippen LogP contribution is -2.30. The number of hydrogen-bond acceptors (Lipinski definition) is 3. The monoisotopic (exact) mass is 505 g/mol. The standard InChI is InChI=1S/C28H22F3N3O3/c1-18-15-19(12-13-23(18)32-26(35)22-9-3-5-11-25(22)37-28(29,30)31)27(36)34-17-21-8-6-14-33(21)16-20-7-2-4-10-24(20)34/h2-15H,16-17H2,1H3,(H,32,35). The molecule has 5 rings (SSSR count). The van der Waals surface area contributed by atoms with E-state index in [1.54, 1.807) is 30.0 Å². The maximum Gasteiger partial charge on any atom is 0.573 e. The van der Waals surface area contributed by atoms with E-state index in [1.807, 2.05) is 42.6 Å². The summed E-state index contributed by atoms with van der Waals surface area (Å²) in [6, 6.07) is 21.6. The van der Waals surface area contributed by atoms with Gasteiger partial charge in [0.15, 0.2) is 0 Å². The van der Waals surface area contributed by atoms with Gasteiger partial charge < -0.3 is 19.5 Å². The Morgan fingerprint density at radius 3 is 2.46 bits per heavy atom. The molecule has 0 radical (unpaired) electrons. The predicted molar refractivity (Wildman–Crippen MR) is 133 cm³/mol. The van der Waals surface area contributed by atoms with E-state index >= 15 is 0 Å². The van der Waals surface area contributed by atoms with Crippen LogP contribution in [0.5, 0.6) is 5.75 Å². The number of para-hydroxylation sites is 2. The number of amides is 2. The lowest BCUT2D eigenvalue weighted by atomic mass is 10.1. The fourth-order valence-corrected chi connectivity index (χ4v) is 4.42. The summed E-state index contributed by atoms with van der Waals surface area (Å²) in [5, 5.41) is 2.62. The Labute approximate surface area is 210 Å². The molecule has 1 aliphatic heterocycles. The molecule has 188 valence electrons. The molecule has 6 nitrogen and oxygen atoms in total. The fourth-order valence-electron chi connectivity index (χ4n) is 4.42. The SMILES string of the molecule is Cc1cc(C(=O)N2Cc3cccn3Cc3ccccc32)ccc1NC(=O)c1ccccc1OC(F)(F)F. The van der Waals surface area contributed by atoms with Gasteiger partial charge in [-0.25, -0.2) is 0 Å². The zero-order valence-electron chi connectivity index (χ0n) is 19.8. The third-order valence-electron chi connectivity index (χ3n) is 6.19. The van der Waals surface area contributed by atoms with E-state index in [9.17, 15) is 22.8 Å². The largest absolute Gasteiger partial charge is 0.573 e. The highest BCUT2D eigenvalue weighted by Crippen LogP contribution is 2.31. The smallest absolute Gasteiger partial charge is 0.405 e. The zero-order chi connectivity index (χ0) is 26.2. The van der Waals surface area contributed by atoms with Crippen LogP contribution in [-0.4, -0.2) is 22.7 Å². The highest BCUT2D eigenvalue weighted by atomic mass is 19.4. The van der Waals surface area contributed by atoms with Gasteiger partial charge in [-0.2, -0.15) is 0 Å². The first-order valence-electron chi connectivity index (χ1n) is 11.5. The number of carbonyl (C=O) groups excluding carboxylic acids is 2. The average Bonchev–Trinajstić information content (AvgIpc) is 3.23. The van der Waals surface area contributed by atoms with Gasteiger partial charge in [-0.05, 0) is 66.6 Å². The average molecular weight is 505 g/mol. The van der Waals surface area contributed by atoms with Gasteiger partial charge in [0.1, 0.15) is 5.75 Å². The summed E-state index contributed by atoms with van der Waals surface area (Å²) in [5.41, 5.74) is 3.96. The Hall–Kier alpha value is -4.53. The first-order chi connectivity index (χ1) is 17.7. The molecule has 0 spiro atoms. The summed E-state index contributed by atoms with van der Waals surface area (Å²) in [7, 11) is 0. The number of nitrogens with one attached hydrogen (secondary N) is 1. The first-order valence-corrected chi connectivity index (χ1v) is 11.5. The normalized spacial score (nSPS) is 12.8. The minimum absolute atomic E-state index is 0.202. The lowest BCUT2D eigenvalue weighted by molar-refractivity contribution is -0.274. The quantitative estimate of drug-likeness (QED) is 0.362. The van der Waals surface area contributed by atoms with Crippen LogP contribution in [0.4, 0.5) is 24.5 Å². The highest BCUT2D eigenvalue weighted by molar-refractivity contribution is 6.08. The van der Waals surface area contributed by atoms with Crippen molar-refractivity contribution in [3.05, 3.63) is 113 Å². The minimum atomic E-state index is -4.93. The van der Waals surface area contributed by atoms with Crippen LogP contribution < -0.4 is 15.0 Å². The third kappa shape index (κ3) is 5.06. The molecule has 0 saturated carbocycles. The number of carbonyl (C=O) groups is 2. The summed E-state index contributed by atoms with van der Waals surface area (Å²) in [6.45, 7) is 2.77. The predicted octanol–water partition coefficient (Wildman–Crippen LogP) is 6.16. The Morgan fingerprint density at radius 2 is 1.68 bits per heavy atom. The Morgan fingerprint density at radius 1 is 0.919 bits per heavy atom. The minimum Gasteiger partial charge on any atom is -0.405 e. The number of alkyl halides is 3. The Balaban J connectivity index is 1.40. The van der Waals surface area contributed by atoms with E-state index in [0.29, 0.717) is 29.9 Å². The van der Waals surface area contributed by atoms with Crippen LogP contribution >= 0.6 is 0 Å². The first kappa shape index (κ1) is 24.2. The molecule has 0 atom stereocenters. The number of nitrogens with zero attached hydrogens (tertiary/aromatic N) is 2. The molecule has 4 aromatic rings. The maximum atomic E-state index is 13.6. The van der Waals surface area contributed by atoms with Crippen molar-refractivity contribution in [1.82, 2.24) is 4.57 Å². The number of aromatic nitrogens is 1. The van der Waals surface area contributed by atoms with Gasteiger partial charge in [0.2, 0.25) is 0 Å².